The van der Waals surface area contributed by atoms with Crippen molar-refractivity contribution in [1.29, 1.82) is 5.26 Å². The van der Waals surface area contributed by atoms with Gasteiger partial charge in [0.15, 0.2) is 0 Å². The first-order valence-corrected chi connectivity index (χ1v) is 8.58. The molecule has 136 valence electrons. The number of hydrogen-bond acceptors (Lipinski definition) is 4. The van der Waals surface area contributed by atoms with E-state index in [0.717, 1.165) is 11.1 Å². The van der Waals surface area contributed by atoms with Gasteiger partial charge in [0.25, 0.3) is 5.91 Å². The summed E-state index contributed by atoms with van der Waals surface area (Å²) in [5.74, 6) is 0.304. The Hall–Kier alpha value is -3.59. The second-order valence-corrected chi connectivity index (χ2v) is 6.08. The van der Waals surface area contributed by atoms with Gasteiger partial charge in [-0.3, -0.25) is 9.48 Å². The fraction of sp³-hybridized carbons (Fsp3) is 0.190. The highest BCUT2D eigenvalue weighted by molar-refractivity contribution is 6.08. The average Bonchev–Trinajstić information content (AvgIpc) is 3.11. The number of hydrogen-bond donors (Lipinski definition) is 1. The molecule has 0 aliphatic carbocycles. The molecule has 1 heterocycles. The maximum absolute atomic E-state index is 12.9. The van der Waals surface area contributed by atoms with E-state index >= 15 is 0 Å². The molecule has 1 amide bonds. The third-order valence-corrected chi connectivity index (χ3v) is 4.14. The molecule has 0 saturated carbocycles. The van der Waals surface area contributed by atoms with E-state index in [1.807, 2.05) is 43.3 Å². The molecule has 0 bridgehead atoms. The molecule has 0 spiro atoms. The molecule has 3 rings (SSSR count). The van der Waals surface area contributed by atoms with Gasteiger partial charge in [0.05, 0.1) is 37.4 Å². The lowest BCUT2D eigenvalue weighted by Gasteiger charge is -2.09. The standard InChI is InChI=1S/C21H20N4O2/c1-15-8-10-16(11-9-15)20-17(14-25(24-20)13-5-12-22)21(26)23-18-6-3-4-7-19(18)27-2/h3-4,6-11,14H,5,13H2,1-2H3,(H,23,26). The van der Waals surface area contributed by atoms with Gasteiger partial charge in [-0.1, -0.05) is 42.0 Å². The van der Waals surface area contributed by atoms with Crippen LogP contribution in [0.25, 0.3) is 11.3 Å². The number of benzene rings is 2. The summed E-state index contributed by atoms with van der Waals surface area (Å²) >= 11 is 0. The van der Waals surface area contributed by atoms with Crippen molar-refractivity contribution in [2.45, 2.75) is 19.9 Å². The van der Waals surface area contributed by atoms with Crippen LogP contribution in [0, 0.1) is 18.3 Å². The van der Waals surface area contributed by atoms with Crippen LogP contribution >= 0.6 is 0 Å². The van der Waals surface area contributed by atoms with E-state index in [-0.39, 0.29) is 5.91 Å². The SMILES string of the molecule is COc1ccccc1NC(=O)c1cn(CCC#N)nc1-c1ccc(C)cc1. The quantitative estimate of drug-likeness (QED) is 0.720. The Morgan fingerprint density at radius 2 is 1.96 bits per heavy atom. The summed E-state index contributed by atoms with van der Waals surface area (Å²) in [5, 5.41) is 16.2. The number of carbonyl (C=O) groups is 1. The van der Waals surface area contributed by atoms with Crippen molar-refractivity contribution in [3.63, 3.8) is 0 Å². The third kappa shape index (κ3) is 4.15. The predicted molar refractivity (Wildman–Crippen MR) is 104 cm³/mol. The lowest BCUT2D eigenvalue weighted by atomic mass is 10.1. The van der Waals surface area contributed by atoms with Gasteiger partial charge in [0, 0.05) is 11.8 Å². The Morgan fingerprint density at radius 3 is 2.67 bits per heavy atom. The first-order chi connectivity index (χ1) is 13.1. The summed E-state index contributed by atoms with van der Waals surface area (Å²) < 4.78 is 6.93. The maximum Gasteiger partial charge on any atom is 0.259 e. The van der Waals surface area contributed by atoms with E-state index in [0.29, 0.717) is 35.7 Å². The van der Waals surface area contributed by atoms with Crippen LogP contribution < -0.4 is 10.1 Å². The van der Waals surface area contributed by atoms with Crippen molar-refractivity contribution in [3.8, 4) is 23.1 Å². The molecule has 0 aliphatic rings. The number of nitrogens with zero attached hydrogens (tertiary/aromatic N) is 3. The number of para-hydroxylation sites is 2. The first kappa shape index (κ1) is 18.2. The van der Waals surface area contributed by atoms with E-state index in [2.05, 4.69) is 16.5 Å². The largest absolute Gasteiger partial charge is 0.495 e. The number of aromatic nitrogens is 2. The Labute approximate surface area is 158 Å². The van der Waals surface area contributed by atoms with Crippen LogP contribution in [0.1, 0.15) is 22.3 Å². The molecule has 1 aromatic heterocycles. The van der Waals surface area contributed by atoms with Gasteiger partial charge in [-0.05, 0) is 19.1 Å². The second kappa shape index (κ2) is 8.19. The van der Waals surface area contributed by atoms with Crippen molar-refractivity contribution < 1.29 is 9.53 Å². The predicted octanol–water partition coefficient (Wildman–Crippen LogP) is 4.03. The van der Waals surface area contributed by atoms with Crippen LogP contribution in [0.4, 0.5) is 5.69 Å². The van der Waals surface area contributed by atoms with Crippen LogP contribution in [-0.4, -0.2) is 22.8 Å². The molecule has 0 saturated heterocycles. The molecule has 0 atom stereocenters. The fourth-order valence-corrected chi connectivity index (χ4v) is 2.73. The zero-order valence-electron chi connectivity index (χ0n) is 15.3. The number of carbonyl (C=O) groups excluding carboxylic acids is 1. The summed E-state index contributed by atoms with van der Waals surface area (Å²) in [4.78, 5) is 12.9. The highest BCUT2D eigenvalue weighted by atomic mass is 16.5. The van der Waals surface area contributed by atoms with Crippen LogP contribution in [0.3, 0.4) is 0 Å². The number of rotatable bonds is 6. The van der Waals surface area contributed by atoms with Gasteiger partial charge in [-0.2, -0.15) is 10.4 Å². The van der Waals surface area contributed by atoms with Gasteiger partial charge >= 0.3 is 0 Å². The summed E-state index contributed by atoms with van der Waals surface area (Å²) in [6, 6.07) is 17.2. The molecule has 1 N–H and O–H groups in total. The molecule has 0 aliphatic heterocycles. The monoisotopic (exact) mass is 360 g/mol. The molecule has 6 heteroatoms. The number of methoxy groups -OCH3 is 1. The smallest absolute Gasteiger partial charge is 0.259 e. The van der Waals surface area contributed by atoms with E-state index in [4.69, 9.17) is 10.00 Å². The normalized spacial score (nSPS) is 10.3. The topological polar surface area (TPSA) is 79.9 Å². The molecular weight excluding hydrogens is 340 g/mol. The zero-order chi connectivity index (χ0) is 19.2. The number of nitriles is 1. The second-order valence-electron chi connectivity index (χ2n) is 6.08. The van der Waals surface area contributed by atoms with Crippen LogP contribution in [0.15, 0.2) is 54.7 Å². The summed E-state index contributed by atoms with van der Waals surface area (Å²) in [5.41, 5.74) is 3.59. The summed E-state index contributed by atoms with van der Waals surface area (Å²) in [6.07, 6.45) is 2.00. The highest BCUT2D eigenvalue weighted by Gasteiger charge is 2.19. The van der Waals surface area contributed by atoms with Crippen molar-refractivity contribution in [1.82, 2.24) is 9.78 Å². The molecule has 0 fully saturated rings. The van der Waals surface area contributed by atoms with Gasteiger partial charge in [-0.15, -0.1) is 0 Å². The number of aryl methyl sites for hydroxylation is 2. The fourth-order valence-electron chi connectivity index (χ4n) is 2.73. The summed E-state index contributed by atoms with van der Waals surface area (Å²) in [7, 11) is 1.56. The zero-order valence-corrected chi connectivity index (χ0v) is 15.3. The van der Waals surface area contributed by atoms with Crippen LogP contribution in [-0.2, 0) is 6.54 Å². The van der Waals surface area contributed by atoms with E-state index in [1.165, 1.54) is 0 Å². The molecule has 3 aromatic rings. The number of ether oxygens (including phenoxy) is 1. The Kier molecular flexibility index (Phi) is 5.53. The lowest BCUT2D eigenvalue weighted by Crippen LogP contribution is -2.13. The van der Waals surface area contributed by atoms with Crippen molar-refractivity contribution in [2.24, 2.45) is 0 Å². The van der Waals surface area contributed by atoms with Crippen molar-refractivity contribution in [3.05, 3.63) is 65.9 Å². The molecule has 6 nitrogen and oxygen atoms in total. The third-order valence-electron chi connectivity index (χ3n) is 4.14. The minimum atomic E-state index is -0.279. The van der Waals surface area contributed by atoms with Crippen LogP contribution in [0.2, 0.25) is 0 Å². The highest BCUT2D eigenvalue weighted by Crippen LogP contribution is 2.27. The van der Waals surface area contributed by atoms with Gasteiger partial charge in [0.1, 0.15) is 11.4 Å². The maximum atomic E-state index is 12.9. The minimum Gasteiger partial charge on any atom is -0.495 e. The molecular formula is C21H20N4O2. The molecule has 0 radical (unpaired) electrons. The van der Waals surface area contributed by atoms with E-state index in [9.17, 15) is 4.79 Å². The van der Waals surface area contributed by atoms with Crippen LogP contribution in [0.5, 0.6) is 5.75 Å². The molecule has 2 aromatic carbocycles. The summed E-state index contributed by atoms with van der Waals surface area (Å²) in [6.45, 7) is 2.43. The lowest BCUT2D eigenvalue weighted by molar-refractivity contribution is 0.102. The number of amides is 1. The first-order valence-electron chi connectivity index (χ1n) is 8.58. The molecule has 27 heavy (non-hydrogen) atoms. The Morgan fingerprint density at radius 1 is 1.22 bits per heavy atom. The number of anilines is 1. The van der Waals surface area contributed by atoms with Gasteiger partial charge in [-0.25, -0.2) is 0 Å². The molecule has 0 unspecified atom stereocenters. The van der Waals surface area contributed by atoms with Crippen molar-refractivity contribution >= 4 is 11.6 Å². The average molecular weight is 360 g/mol. The van der Waals surface area contributed by atoms with Crippen molar-refractivity contribution in [2.75, 3.05) is 12.4 Å². The van der Waals surface area contributed by atoms with E-state index < -0.39 is 0 Å². The number of nitrogens with one attached hydrogen (secondary N) is 1. The van der Waals surface area contributed by atoms with Gasteiger partial charge < -0.3 is 10.1 Å². The van der Waals surface area contributed by atoms with E-state index in [1.54, 1.807) is 30.1 Å². The Bertz CT molecular complexity index is 984. The Balaban J connectivity index is 1.97. The van der Waals surface area contributed by atoms with Gasteiger partial charge in [0.2, 0.25) is 0 Å². The minimum absolute atomic E-state index is 0.279.